The van der Waals surface area contributed by atoms with Crippen LogP contribution in [0, 0.1) is 0 Å². The minimum atomic E-state index is -0.250. The van der Waals surface area contributed by atoms with Crippen LogP contribution in [0.3, 0.4) is 0 Å². The lowest BCUT2D eigenvalue weighted by Crippen LogP contribution is -2.45. The Labute approximate surface area is 130 Å². The van der Waals surface area contributed by atoms with Gasteiger partial charge in [0.2, 0.25) is 5.91 Å². The smallest absolute Gasteiger partial charge is 0.237 e. The van der Waals surface area contributed by atoms with Gasteiger partial charge >= 0.3 is 0 Å². The van der Waals surface area contributed by atoms with E-state index in [9.17, 15) is 4.79 Å². The van der Waals surface area contributed by atoms with Gasteiger partial charge in [-0.3, -0.25) is 10.1 Å². The van der Waals surface area contributed by atoms with Gasteiger partial charge in [-0.05, 0) is 37.8 Å². The van der Waals surface area contributed by atoms with E-state index in [1.807, 2.05) is 45.0 Å². The molecule has 21 heavy (non-hydrogen) atoms. The molecule has 1 amide bonds. The average molecular weight is 302 g/mol. The second kappa shape index (κ2) is 7.38. The van der Waals surface area contributed by atoms with Crippen molar-refractivity contribution in [3.63, 3.8) is 0 Å². The second-order valence-corrected chi connectivity index (χ2v) is 6.39. The zero-order chi connectivity index (χ0) is 15.2. The molecule has 2 atom stereocenters. The fourth-order valence-corrected chi connectivity index (χ4v) is 2.99. The highest BCUT2D eigenvalue weighted by Crippen LogP contribution is 2.26. The van der Waals surface area contributed by atoms with E-state index in [2.05, 4.69) is 34.2 Å². The van der Waals surface area contributed by atoms with Crippen LogP contribution in [0.1, 0.15) is 37.3 Å². The SMILES string of the molecule is CC(C)NC(=O)[C@H](C)N[C@H](c1ccccc1)c1cccs1. The van der Waals surface area contributed by atoms with Gasteiger partial charge in [0.1, 0.15) is 0 Å². The third-order valence-electron chi connectivity index (χ3n) is 3.20. The van der Waals surface area contributed by atoms with E-state index < -0.39 is 0 Å². The molecular formula is C17H22N2OS. The summed E-state index contributed by atoms with van der Waals surface area (Å²) in [4.78, 5) is 13.3. The zero-order valence-electron chi connectivity index (χ0n) is 12.7. The number of thiophene rings is 1. The Morgan fingerprint density at radius 3 is 2.33 bits per heavy atom. The molecule has 1 heterocycles. The van der Waals surface area contributed by atoms with Gasteiger partial charge in [0.05, 0.1) is 12.1 Å². The van der Waals surface area contributed by atoms with Crippen LogP contribution in [-0.2, 0) is 4.79 Å². The Bertz CT molecular complexity index is 551. The summed E-state index contributed by atoms with van der Waals surface area (Å²) in [5.74, 6) is 0.0301. The first-order valence-corrected chi connectivity index (χ1v) is 8.10. The minimum absolute atomic E-state index is 0.0301. The molecule has 0 aliphatic rings. The highest BCUT2D eigenvalue weighted by Gasteiger charge is 2.21. The molecule has 0 radical (unpaired) electrons. The first-order valence-electron chi connectivity index (χ1n) is 7.22. The van der Waals surface area contributed by atoms with E-state index in [-0.39, 0.29) is 24.0 Å². The molecule has 0 aliphatic heterocycles. The lowest BCUT2D eigenvalue weighted by molar-refractivity contribution is -0.123. The topological polar surface area (TPSA) is 41.1 Å². The molecule has 0 bridgehead atoms. The van der Waals surface area contributed by atoms with Gasteiger partial charge in [0.25, 0.3) is 0 Å². The number of amides is 1. The first-order chi connectivity index (χ1) is 10.1. The fourth-order valence-electron chi connectivity index (χ4n) is 2.18. The molecule has 1 aromatic heterocycles. The molecule has 0 fully saturated rings. The van der Waals surface area contributed by atoms with Crippen molar-refractivity contribution in [1.29, 1.82) is 0 Å². The van der Waals surface area contributed by atoms with Gasteiger partial charge in [-0.2, -0.15) is 0 Å². The Balaban J connectivity index is 2.16. The lowest BCUT2D eigenvalue weighted by atomic mass is 10.0. The van der Waals surface area contributed by atoms with Crippen molar-refractivity contribution in [2.45, 2.75) is 38.9 Å². The van der Waals surface area contributed by atoms with Gasteiger partial charge in [0, 0.05) is 10.9 Å². The van der Waals surface area contributed by atoms with E-state index in [4.69, 9.17) is 0 Å². The highest BCUT2D eigenvalue weighted by atomic mass is 32.1. The highest BCUT2D eigenvalue weighted by molar-refractivity contribution is 7.10. The largest absolute Gasteiger partial charge is 0.353 e. The Morgan fingerprint density at radius 1 is 1.05 bits per heavy atom. The number of carbonyl (C=O) groups is 1. The summed E-state index contributed by atoms with van der Waals surface area (Å²) < 4.78 is 0. The first kappa shape index (κ1) is 15.7. The zero-order valence-corrected chi connectivity index (χ0v) is 13.5. The molecule has 0 saturated carbocycles. The number of carbonyl (C=O) groups excluding carboxylic acids is 1. The third-order valence-corrected chi connectivity index (χ3v) is 4.14. The molecule has 2 aromatic rings. The predicted octanol–water partition coefficient (Wildman–Crippen LogP) is 3.34. The Kier molecular flexibility index (Phi) is 5.53. The van der Waals surface area contributed by atoms with Crippen molar-refractivity contribution >= 4 is 17.2 Å². The second-order valence-electron chi connectivity index (χ2n) is 5.41. The van der Waals surface area contributed by atoms with Gasteiger partial charge in [-0.1, -0.05) is 36.4 Å². The standard InChI is InChI=1S/C17H22N2OS/c1-12(2)18-17(20)13(3)19-16(15-10-7-11-21-15)14-8-5-4-6-9-14/h4-13,16,19H,1-3H3,(H,18,20)/t13-,16+/m0/s1. The van der Waals surface area contributed by atoms with E-state index in [0.29, 0.717) is 0 Å². The van der Waals surface area contributed by atoms with Crippen molar-refractivity contribution < 1.29 is 4.79 Å². The molecule has 112 valence electrons. The van der Waals surface area contributed by atoms with Crippen molar-refractivity contribution in [2.24, 2.45) is 0 Å². The van der Waals surface area contributed by atoms with Crippen LogP contribution in [-0.4, -0.2) is 18.0 Å². The molecule has 0 aliphatic carbocycles. The average Bonchev–Trinajstić information content (AvgIpc) is 2.98. The van der Waals surface area contributed by atoms with E-state index in [0.717, 1.165) is 0 Å². The Morgan fingerprint density at radius 2 is 1.76 bits per heavy atom. The summed E-state index contributed by atoms with van der Waals surface area (Å²) in [7, 11) is 0. The number of benzene rings is 1. The number of hydrogen-bond acceptors (Lipinski definition) is 3. The lowest BCUT2D eigenvalue weighted by Gasteiger charge is -2.23. The van der Waals surface area contributed by atoms with Crippen LogP contribution < -0.4 is 10.6 Å². The molecule has 2 N–H and O–H groups in total. The monoisotopic (exact) mass is 302 g/mol. The molecule has 4 heteroatoms. The summed E-state index contributed by atoms with van der Waals surface area (Å²) in [5, 5.41) is 8.45. The van der Waals surface area contributed by atoms with Crippen LogP contribution in [0.4, 0.5) is 0 Å². The van der Waals surface area contributed by atoms with Crippen LogP contribution in [0.15, 0.2) is 47.8 Å². The molecular weight excluding hydrogens is 280 g/mol. The van der Waals surface area contributed by atoms with Gasteiger partial charge in [0.15, 0.2) is 0 Å². The van der Waals surface area contributed by atoms with Crippen molar-refractivity contribution in [1.82, 2.24) is 10.6 Å². The summed E-state index contributed by atoms with van der Waals surface area (Å²) in [6, 6.07) is 14.3. The van der Waals surface area contributed by atoms with Crippen LogP contribution >= 0.6 is 11.3 Å². The van der Waals surface area contributed by atoms with Crippen molar-refractivity contribution in [3.8, 4) is 0 Å². The molecule has 0 unspecified atom stereocenters. The molecule has 2 rings (SSSR count). The van der Waals surface area contributed by atoms with Crippen molar-refractivity contribution in [2.75, 3.05) is 0 Å². The molecule has 1 aromatic carbocycles. The number of rotatable bonds is 6. The third kappa shape index (κ3) is 4.41. The molecule has 3 nitrogen and oxygen atoms in total. The van der Waals surface area contributed by atoms with Gasteiger partial charge in [-0.25, -0.2) is 0 Å². The van der Waals surface area contributed by atoms with E-state index in [1.54, 1.807) is 11.3 Å². The van der Waals surface area contributed by atoms with Gasteiger partial charge in [-0.15, -0.1) is 11.3 Å². The number of hydrogen-bond donors (Lipinski definition) is 2. The predicted molar refractivity (Wildman–Crippen MR) is 88.5 cm³/mol. The molecule has 0 saturated heterocycles. The quantitative estimate of drug-likeness (QED) is 0.859. The maximum absolute atomic E-state index is 12.1. The fraction of sp³-hybridized carbons (Fsp3) is 0.353. The normalized spacial score (nSPS) is 13.9. The number of nitrogens with one attached hydrogen (secondary N) is 2. The van der Waals surface area contributed by atoms with Gasteiger partial charge < -0.3 is 5.32 Å². The van der Waals surface area contributed by atoms with Crippen LogP contribution in [0.25, 0.3) is 0 Å². The Hall–Kier alpha value is -1.65. The van der Waals surface area contributed by atoms with Crippen LogP contribution in [0.5, 0.6) is 0 Å². The molecule has 0 spiro atoms. The maximum atomic E-state index is 12.1. The summed E-state index contributed by atoms with van der Waals surface area (Å²) >= 11 is 1.70. The van der Waals surface area contributed by atoms with E-state index >= 15 is 0 Å². The van der Waals surface area contributed by atoms with E-state index in [1.165, 1.54) is 10.4 Å². The van der Waals surface area contributed by atoms with Crippen LogP contribution in [0.2, 0.25) is 0 Å². The maximum Gasteiger partial charge on any atom is 0.237 e. The minimum Gasteiger partial charge on any atom is -0.353 e. The summed E-state index contributed by atoms with van der Waals surface area (Å²) in [5.41, 5.74) is 1.17. The summed E-state index contributed by atoms with van der Waals surface area (Å²) in [6.07, 6.45) is 0. The van der Waals surface area contributed by atoms with Crippen molar-refractivity contribution in [3.05, 3.63) is 58.3 Å². The summed E-state index contributed by atoms with van der Waals surface area (Å²) in [6.45, 7) is 5.85.